The average Bonchev–Trinajstić information content (AvgIpc) is 2.86. The van der Waals surface area contributed by atoms with E-state index in [0.29, 0.717) is 0 Å². The van der Waals surface area contributed by atoms with Crippen molar-refractivity contribution in [3.8, 4) is 0 Å². The summed E-state index contributed by atoms with van der Waals surface area (Å²) in [6.07, 6.45) is 5.48. The Kier molecular flexibility index (Phi) is 1.78. The predicted molar refractivity (Wildman–Crippen MR) is 57.4 cm³/mol. The van der Waals surface area contributed by atoms with Gasteiger partial charge in [-0.25, -0.2) is 9.97 Å². The van der Waals surface area contributed by atoms with Gasteiger partial charge in [-0.3, -0.25) is 0 Å². The van der Waals surface area contributed by atoms with Crippen molar-refractivity contribution < 1.29 is 0 Å². The first-order valence-electron chi connectivity index (χ1n) is 4.81. The van der Waals surface area contributed by atoms with E-state index in [1.54, 1.807) is 12.5 Å². The van der Waals surface area contributed by atoms with Crippen LogP contribution in [0.5, 0.6) is 0 Å². The van der Waals surface area contributed by atoms with Gasteiger partial charge in [0.25, 0.3) is 0 Å². The first-order chi connectivity index (χ1) is 7.42. The van der Waals surface area contributed by atoms with Crippen molar-refractivity contribution in [2.45, 2.75) is 6.54 Å². The number of benzene rings is 1. The second-order valence-corrected chi connectivity index (χ2v) is 3.44. The Labute approximate surface area is 86.6 Å². The first-order valence-corrected chi connectivity index (χ1v) is 4.81. The lowest BCUT2D eigenvalue weighted by molar-refractivity contribution is 0.758. The molecule has 0 fully saturated rings. The van der Waals surface area contributed by atoms with Crippen LogP contribution in [0.25, 0.3) is 11.0 Å². The Morgan fingerprint density at radius 2 is 2.20 bits per heavy atom. The molecular weight excluding hydrogens is 188 g/mol. The molecule has 3 aromatic rings. The molecule has 4 heteroatoms. The van der Waals surface area contributed by atoms with Gasteiger partial charge in [-0.1, -0.05) is 12.1 Å². The molecule has 1 aromatic carbocycles. The van der Waals surface area contributed by atoms with E-state index >= 15 is 0 Å². The molecule has 0 aliphatic rings. The molecule has 0 atom stereocenters. The van der Waals surface area contributed by atoms with Crippen LogP contribution in [0.15, 0.2) is 43.0 Å². The normalized spacial score (nSPS) is 10.9. The Morgan fingerprint density at radius 3 is 3.00 bits per heavy atom. The van der Waals surface area contributed by atoms with Crippen molar-refractivity contribution in [1.29, 1.82) is 0 Å². The molecule has 0 spiro atoms. The summed E-state index contributed by atoms with van der Waals surface area (Å²) >= 11 is 0. The van der Waals surface area contributed by atoms with Gasteiger partial charge in [-0.15, -0.1) is 0 Å². The van der Waals surface area contributed by atoms with Crippen molar-refractivity contribution in [1.82, 2.24) is 19.5 Å². The van der Waals surface area contributed by atoms with Crippen molar-refractivity contribution in [2.24, 2.45) is 0 Å². The molecule has 0 unspecified atom stereocenters. The molecule has 15 heavy (non-hydrogen) atoms. The van der Waals surface area contributed by atoms with E-state index in [9.17, 15) is 0 Å². The predicted octanol–water partition coefficient (Wildman–Crippen LogP) is 1.81. The van der Waals surface area contributed by atoms with Gasteiger partial charge in [0.2, 0.25) is 0 Å². The van der Waals surface area contributed by atoms with Crippen LogP contribution in [0.1, 0.15) is 5.82 Å². The molecule has 74 valence electrons. The van der Waals surface area contributed by atoms with Crippen LogP contribution in [-0.2, 0) is 6.54 Å². The van der Waals surface area contributed by atoms with E-state index < -0.39 is 0 Å². The van der Waals surface area contributed by atoms with Gasteiger partial charge in [-0.2, -0.15) is 0 Å². The van der Waals surface area contributed by atoms with Crippen LogP contribution < -0.4 is 0 Å². The first kappa shape index (κ1) is 8.23. The number of hydrogen-bond acceptors (Lipinski definition) is 2. The van der Waals surface area contributed by atoms with E-state index in [1.807, 2.05) is 35.0 Å². The third-order valence-electron chi connectivity index (χ3n) is 2.33. The zero-order valence-corrected chi connectivity index (χ0v) is 8.09. The summed E-state index contributed by atoms with van der Waals surface area (Å²) in [7, 11) is 0. The van der Waals surface area contributed by atoms with Crippen LogP contribution in [0, 0.1) is 0 Å². The summed E-state index contributed by atoms with van der Waals surface area (Å²) in [5.74, 6) is 0.953. The summed E-state index contributed by atoms with van der Waals surface area (Å²) in [6.45, 7) is 0.731. The average molecular weight is 198 g/mol. The summed E-state index contributed by atoms with van der Waals surface area (Å²) in [5.41, 5.74) is 2.08. The number of fused-ring (bicyclic) bond motifs is 1. The highest BCUT2D eigenvalue weighted by Gasteiger charge is 2.01. The number of nitrogens with one attached hydrogen (secondary N) is 1. The van der Waals surface area contributed by atoms with Crippen molar-refractivity contribution in [3.05, 3.63) is 48.8 Å². The highest BCUT2D eigenvalue weighted by atomic mass is 15.1. The molecule has 2 aromatic heterocycles. The fourth-order valence-electron chi connectivity index (χ4n) is 1.63. The fraction of sp³-hybridized carbons (Fsp3) is 0.0909. The van der Waals surface area contributed by atoms with Gasteiger partial charge in [0.15, 0.2) is 0 Å². The van der Waals surface area contributed by atoms with E-state index in [4.69, 9.17) is 0 Å². The fourth-order valence-corrected chi connectivity index (χ4v) is 1.63. The number of imidazole rings is 2. The molecule has 0 aliphatic carbocycles. The smallest absolute Gasteiger partial charge is 0.127 e. The van der Waals surface area contributed by atoms with Gasteiger partial charge < -0.3 is 9.55 Å². The Hall–Kier alpha value is -2.10. The van der Waals surface area contributed by atoms with Crippen molar-refractivity contribution in [3.63, 3.8) is 0 Å². The van der Waals surface area contributed by atoms with Crippen LogP contribution in [0.4, 0.5) is 0 Å². The quantitative estimate of drug-likeness (QED) is 0.682. The summed E-state index contributed by atoms with van der Waals surface area (Å²) in [5, 5.41) is 0. The maximum absolute atomic E-state index is 4.48. The van der Waals surface area contributed by atoms with Crippen LogP contribution in [0.2, 0.25) is 0 Å². The van der Waals surface area contributed by atoms with Gasteiger partial charge >= 0.3 is 0 Å². The van der Waals surface area contributed by atoms with Gasteiger partial charge in [-0.05, 0) is 12.1 Å². The van der Waals surface area contributed by atoms with E-state index in [1.165, 1.54) is 0 Å². The number of rotatable bonds is 2. The standard InChI is InChI=1S/C11H10N4/c1-2-4-10-9(3-1)13-11(14-10)7-15-6-5-12-8-15/h1-6,8H,7H2,(H,13,14). The lowest BCUT2D eigenvalue weighted by atomic mass is 10.3. The molecule has 2 heterocycles. The molecule has 1 N–H and O–H groups in total. The molecule has 4 nitrogen and oxygen atoms in total. The minimum absolute atomic E-state index is 0.731. The highest BCUT2D eigenvalue weighted by molar-refractivity contribution is 5.74. The summed E-state index contributed by atoms with van der Waals surface area (Å²) in [6, 6.07) is 8.02. The minimum Gasteiger partial charge on any atom is -0.340 e. The van der Waals surface area contributed by atoms with Crippen LogP contribution in [0.3, 0.4) is 0 Å². The van der Waals surface area contributed by atoms with Crippen LogP contribution >= 0.6 is 0 Å². The molecular formula is C11H10N4. The highest BCUT2D eigenvalue weighted by Crippen LogP contribution is 2.10. The molecule has 0 amide bonds. The zero-order chi connectivity index (χ0) is 10.1. The van der Waals surface area contributed by atoms with Crippen molar-refractivity contribution in [2.75, 3.05) is 0 Å². The summed E-state index contributed by atoms with van der Waals surface area (Å²) < 4.78 is 1.98. The molecule has 0 saturated carbocycles. The Bertz CT molecular complexity index is 532. The van der Waals surface area contributed by atoms with E-state index in [2.05, 4.69) is 15.0 Å². The molecule has 3 rings (SSSR count). The Morgan fingerprint density at radius 1 is 1.27 bits per heavy atom. The number of hydrogen-bond donors (Lipinski definition) is 1. The number of nitrogens with zero attached hydrogens (tertiary/aromatic N) is 3. The number of aromatic amines is 1. The second kappa shape index (κ2) is 3.24. The molecule has 0 radical (unpaired) electrons. The minimum atomic E-state index is 0.731. The number of aromatic nitrogens is 4. The molecule has 0 saturated heterocycles. The van der Waals surface area contributed by atoms with Gasteiger partial charge in [0.05, 0.1) is 23.9 Å². The second-order valence-electron chi connectivity index (χ2n) is 3.44. The molecule has 0 aliphatic heterocycles. The van der Waals surface area contributed by atoms with Crippen molar-refractivity contribution >= 4 is 11.0 Å². The lowest BCUT2D eigenvalue weighted by Crippen LogP contribution is -1.97. The third-order valence-corrected chi connectivity index (χ3v) is 2.33. The maximum Gasteiger partial charge on any atom is 0.127 e. The monoisotopic (exact) mass is 198 g/mol. The largest absolute Gasteiger partial charge is 0.340 e. The maximum atomic E-state index is 4.48. The van der Waals surface area contributed by atoms with E-state index in [0.717, 1.165) is 23.4 Å². The Balaban J connectivity index is 1.98. The SMILES string of the molecule is c1ccc2[nH]c(Cn3ccnc3)nc2c1. The third kappa shape index (κ3) is 1.50. The van der Waals surface area contributed by atoms with Gasteiger partial charge in [0.1, 0.15) is 5.82 Å². The summed E-state index contributed by atoms with van der Waals surface area (Å²) in [4.78, 5) is 11.8. The van der Waals surface area contributed by atoms with Gasteiger partial charge in [0, 0.05) is 12.4 Å². The lowest BCUT2D eigenvalue weighted by Gasteiger charge is -1.95. The topological polar surface area (TPSA) is 46.5 Å². The molecule has 0 bridgehead atoms. The number of H-pyrrole nitrogens is 1. The van der Waals surface area contributed by atoms with Crippen LogP contribution in [-0.4, -0.2) is 19.5 Å². The number of para-hydroxylation sites is 2. The zero-order valence-electron chi connectivity index (χ0n) is 8.09. The van der Waals surface area contributed by atoms with E-state index in [-0.39, 0.29) is 0 Å².